The molecule has 1 fully saturated rings. The second-order valence-corrected chi connectivity index (χ2v) is 8.32. The molecule has 5 rings (SSSR count). The predicted molar refractivity (Wildman–Crippen MR) is 131 cm³/mol. The Bertz CT molecular complexity index is 1310. The molecule has 6 nitrogen and oxygen atoms in total. The van der Waals surface area contributed by atoms with Crippen molar-refractivity contribution in [3.63, 3.8) is 0 Å². The van der Waals surface area contributed by atoms with Crippen LogP contribution in [0.5, 0.6) is 5.75 Å². The first kappa shape index (κ1) is 20.9. The fourth-order valence-corrected chi connectivity index (χ4v) is 4.51. The van der Waals surface area contributed by atoms with Gasteiger partial charge < -0.3 is 13.7 Å². The van der Waals surface area contributed by atoms with Crippen LogP contribution in [0, 0.1) is 0 Å². The molecule has 4 aromatic rings. The molecule has 7 heteroatoms. The number of carbonyl (C=O) groups excluding carboxylic acids is 1. The third-order valence-electron chi connectivity index (χ3n) is 5.17. The zero-order valence-corrected chi connectivity index (χ0v) is 18.7. The van der Waals surface area contributed by atoms with Crippen molar-refractivity contribution in [2.24, 2.45) is 4.99 Å². The minimum atomic E-state index is -0.103. The minimum absolute atomic E-state index is 0.103. The van der Waals surface area contributed by atoms with E-state index >= 15 is 0 Å². The van der Waals surface area contributed by atoms with Crippen LogP contribution < -0.4 is 4.74 Å². The number of nitrogens with zero attached hydrogens (tertiary/aromatic N) is 3. The summed E-state index contributed by atoms with van der Waals surface area (Å²) in [5, 5.41) is 0.622. The number of thioether (sulfide) groups is 1. The van der Waals surface area contributed by atoms with E-state index in [1.807, 2.05) is 95.7 Å². The molecule has 33 heavy (non-hydrogen) atoms. The van der Waals surface area contributed by atoms with Crippen molar-refractivity contribution in [3.8, 4) is 11.4 Å². The van der Waals surface area contributed by atoms with Crippen LogP contribution in [0.4, 0.5) is 5.69 Å². The number of carbonyl (C=O) groups is 1. The van der Waals surface area contributed by atoms with Crippen molar-refractivity contribution < 1.29 is 13.9 Å². The number of benzene rings is 2. The first-order chi connectivity index (χ1) is 16.2. The maximum atomic E-state index is 13.4. The fourth-order valence-electron chi connectivity index (χ4n) is 3.53. The molecule has 0 bridgehead atoms. The van der Waals surface area contributed by atoms with E-state index < -0.39 is 0 Å². The van der Waals surface area contributed by atoms with Gasteiger partial charge in [0, 0.05) is 17.6 Å². The number of amides is 1. The van der Waals surface area contributed by atoms with Crippen LogP contribution in [0.3, 0.4) is 0 Å². The molecule has 0 spiro atoms. The van der Waals surface area contributed by atoms with Crippen LogP contribution in [-0.4, -0.2) is 27.7 Å². The van der Waals surface area contributed by atoms with Crippen LogP contribution >= 0.6 is 11.8 Å². The van der Waals surface area contributed by atoms with E-state index in [0.717, 1.165) is 22.8 Å². The van der Waals surface area contributed by atoms with Gasteiger partial charge in [0.2, 0.25) is 0 Å². The Morgan fingerprint density at radius 2 is 1.82 bits per heavy atom. The summed E-state index contributed by atoms with van der Waals surface area (Å²) in [5.41, 5.74) is 2.67. The van der Waals surface area contributed by atoms with Gasteiger partial charge in [-0.15, -0.1) is 0 Å². The van der Waals surface area contributed by atoms with E-state index in [1.54, 1.807) is 18.3 Å². The van der Waals surface area contributed by atoms with Crippen molar-refractivity contribution in [2.75, 3.05) is 7.11 Å². The van der Waals surface area contributed by atoms with Crippen LogP contribution in [0.25, 0.3) is 11.8 Å². The Labute approximate surface area is 195 Å². The Kier molecular flexibility index (Phi) is 5.87. The summed E-state index contributed by atoms with van der Waals surface area (Å²) in [7, 11) is 1.65. The molecule has 1 aliphatic heterocycles. The van der Waals surface area contributed by atoms with Crippen LogP contribution in [0.1, 0.15) is 11.5 Å². The third kappa shape index (κ3) is 4.49. The quantitative estimate of drug-likeness (QED) is 0.341. The summed E-state index contributed by atoms with van der Waals surface area (Å²) in [4.78, 5) is 20.4. The van der Waals surface area contributed by atoms with E-state index in [1.165, 1.54) is 11.8 Å². The van der Waals surface area contributed by atoms with E-state index in [0.29, 0.717) is 22.4 Å². The monoisotopic (exact) mass is 455 g/mol. The molecule has 1 amide bonds. The second kappa shape index (κ2) is 9.26. The highest BCUT2D eigenvalue weighted by Crippen LogP contribution is 2.35. The van der Waals surface area contributed by atoms with Gasteiger partial charge in [-0.25, -0.2) is 4.99 Å². The van der Waals surface area contributed by atoms with Gasteiger partial charge in [0.15, 0.2) is 5.17 Å². The standard InChI is InChI=1S/C26H21N3O3S/c1-31-22-13-11-20(12-14-22)28-15-5-9-21(28)17-24-25(30)29(18-23-10-6-16-32-23)26(33-24)27-19-7-3-2-4-8-19/h2-17H,18H2,1H3/b24-17-,27-26?. The van der Waals surface area contributed by atoms with Gasteiger partial charge in [0.1, 0.15) is 11.5 Å². The molecular formula is C26H21N3O3S. The van der Waals surface area contributed by atoms with Crippen LogP contribution in [-0.2, 0) is 11.3 Å². The zero-order valence-electron chi connectivity index (χ0n) is 17.9. The third-order valence-corrected chi connectivity index (χ3v) is 6.18. The number of aromatic nitrogens is 1. The lowest BCUT2D eigenvalue weighted by atomic mass is 10.2. The normalized spacial score (nSPS) is 16.2. The molecule has 0 N–H and O–H groups in total. The summed E-state index contributed by atoms with van der Waals surface area (Å²) in [6.45, 7) is 0.321. The summed E-state index contributed by atoms with van der Waals surface area (Å²) < 4.78 is 12.8. The second-order valence-electron chi connectivity index (χ2n) is 7.31. The van der Waals surface area contributed by atoms with Gasteiger partial charge in [-0.05, 0) is 78.5 Å². The molecule has 0 saturated carbocycles. The summed E-state index contributed by atoms with van der Waals surface area (Å²) in [5.74, 6) is 1.39. The van der Waals surface area contributed by atoms with E-state index in [9.17, 15) is 4.79 Å². The molecular weight excluding hydrogens is 434 g/mol. The average Bonchev–Trinajstić information content (AvgIpc) is 3.59. The molecule has 164 valence electrons. The van der Waals surface area contributed by atoms with Crippen LogP contribution in [0.15, 0.2) is 106 Å². The van der Waals surface area contributed by atoms with Gasteiger partial charge >= 0.3 is 0 Å². The highest BCUT2D eigenvalue weighted by molar-refractivity contribution is 8.18. The maximum absolute atomic E-state index is 13.4. The van der Waals surface area contributed by atoms with E-state index in [2.05, 4.69) is 0 Å². The number of ether oxygens (including phenoxy) is 1. The van der Waals surface area contributed by atoms with Crippen LogP contribution in [0.2, 0.25) is 0 Å². The molecule has 2 aromatic carbocycles. The first-order valence-corrected chi connectivity index (χ1v) is 11.2. The number of para-hydroxylation sites is 1. The van der Waals surface area contributed by atoms with Gasteiger partial charge in [-0.3, -0.25) is 9.69 Å². The number of aliphatic imine (C=N–C) groups is 1. The minimum Gasteiger partial charge on any atom is -0.497 e. The summed E-state index contributed by atoms with van der Waals surface area (Å²) in [6.07, 6.45) is 5.48. The lowest BCUT2D eigenvalue weighted by molar-refractivity contribution is -0.122. The zero-order chi connectivity index (χ0) is 22.6. The fraction of sp³-hybridized carbons (Fsp3) is 0.0769. The van der Waals surface area contributed by atoms with Crippen molar-refractivity contribution >= 4 is 34.6 Å². The van der Waals surface area contributed by atoms with E-state index in [-0.39, 0.29) is 5.91 Å². The van der Waals surface area contributed by atoms with Gasteiger partial charge in [-0.1, -0.05) is 18.2 Å². The maximum Gasteiger partial charge on any atom is 0.267 e. The molecule has 1 saturated heterocycles. The Morgan fingerprint density at radius 3 is 2.55 bits per heavy atom. The topological polar surface area (TPSA) is 60.0 Å². The summed E-state index contributed by atoms with van der Waals surface area (Å²) in [6, 6.07) is 25.0. The largest absolute Gasteiger partial charge is 0.497 e. The molecule has 3 heterocycles. The molecule has 0 atom stereocenters. The lowest BCUT2D eigenvalue weighted by Gasteiger charge is -2.13. The SMILES string of the molecule is COc1ccc(-n2cccc2/C=C2\SC(=Nc3ccccc3)N(Cc3ccco3)C2=O)cc1. The van der Waals surface area contributed by atoms with E-state index in [4.69, 9.17) is 14.1 Å². The molecule has 0 aliphatic carbocycles. The van der Waals surface area contributed by atoms with Crippen molar-refractivity contribution in [3.05, 3.63) is 108 Å². The van der Waals surface area contributed by atoms with Crippen molar-refractivity contribution in [1.82, 2.24) is 9.47 Å². The molecule has 2 aromatic heterocycles. The Hall–Kier alpha value is -3.97. The Morgan fingerprint density at radius 1 is 1.00 bits per heavy atom. The average molecular weight is 456 g/mol. The molecule has 0 unspecified atom stereocenters. The predicted octanol–water partition coefficient (Wildman–Crippen LogP) is 5.88. The highest BCUT2D eigenvalue weighted by atomic mass is 32.2. The van der Waals surface area contributed by atoms with Gasteiger partial charge in [0.25, 0.3) is 5.91 Å². The first-order valence-electron chi connectivity index (χ1n) is 10.4. The van der Waals surface area contributed by atoms with Gasteiger partial charge in [-0.2, -0.15) is 0 Å². The number of methoxy groups -OCH3 is 1. The van der Waals surface area contributed by atoms with Crippen molar-refractivity contribution in [1.29, 1.82) is 0 Å². The number of furan rings is 1. The summed E-state index contributed by atoms with van der Waals surface area (Å²) >= 11 is 1.36. The number of hydrogen-bond donors (Lipinski definition) is 0. The lowest BCUT2D eigenvalue weighted by Crippen LogP contribution is -2.28. The highest BCUT2D eigenvalue weighted by Gasteiger charge is 2.34. The Balaban J connectivity index is 1.49. The molecule has 1 aliphatic rings. The van der Waals surface area contributed by atoms with Crippen molar-refractivity contribution in [2.45, 2.75) is 6.54 Å². The molecule has 0 radical (unpaired) electrons. The number of amidine groups is 1. The smallest absolute Gasteiger partial charge is 0.267 e. The number of rotatable bonds is 6. The van der Waals surface area contributed by atoms with Gasteiger partial charge in [0.05, 0.1) is 30.5 Å². The number of hydrogen-bond acceptors (Lipinski definition) is 5.